The van der Waals surface area contributed by atoms with Crippen LogP contribution in [0.1, 0.15) is 32.8 Å². The zero-order valence-electron chi connectivity index (χ0n) is 11.8. The number of rotatable bonds is 4. The summed E-state index contributed by atoms with van der Waals surface area (Å²) >= 11 is 6.26. The molecule has 0 bridgehead atoms. The molecule has 2 rings (SSSR count). The predicted molar refractivity (Wildman–Crippen MR) is 77.9 cm³/mol. The van der Waals surface area contributed by atoms with E-state index in [0.29, 0.717) is 11.6 Å². The van der Waals surface area contributed by atoms with E-state index in [1.165, 1.54) is 0 Å². The minimum Gasteiger partial charge on any atom is -0.486 e. The van der Waals surface area contributed by atoms with Gasteiger partial charge in [0.2, 0.25) is 0 Å². The van der Waals surface area contributed by atoms with Crippen LogP contribution < -0.4 is 10.1 Å². The molecular formula is C15H22ClNO2. The molecule has 0 aliphatic carbocycles. The molecule has 1 fully saturated rings. The summed E-state index contributed by atoms with van der Waals surface area (Å²) in [6.07, 6.45) is 1.07. The lowest BCUT2D eigenvalue weighted by atomic mass is 10.1. The average molecular weight is 284 g/mol. The van der Waals surface area contributed by atoms with E-state index in [0.717, 1.165) is 30.9 Å². The van der Waals surface area contributed by atoms with Gasteiger partial charge < -0.3 is 14.8 Å². The Hall–Kier alpha value is -0.770. The van der Waals surface area contributed by atoms with Crippen LogP contribution >= 0.6 is 11.6 Å². The number of halogens is 1. The molecule has 4 heteroatoms. The second-order valence-corrected chi connectivity index (χ2v) is 6.38. The van der Waals surface area contributed by atoms with Crippen molar-refractivity contribution in [3.8, 4) is 5.75 Å². The highest BCUT2D eigenvalue weighted by Gasteiger charge is 2.18. The van der Waals surface area contributed by atoms with Crippen molar-refractivity contribution in [2.45, 2.75) is 45.4 Å². The normalized spacial score (nSPS) is 19.7. The molecule has 0 amide bonds. The topological polar surface area (TPSA) is 30.5 Å². The second kappa shape index (κ2) is 6.12. The highest BCUT2D eigenvalue weighted by atomic mass is 35.5. The third-order valence-corrected chi connectivity index (χ3v) is 3.30. The molecule has 106 valence electrons. The minimum absolute atomic E-state index is 0.100. The smallest absolute Gasteiger partial charge is 0.138 e. The second-order valence-electron chi connectivity index (χ2n) is 5.97. The molecule has 19 heavy (non-hydrogen) atoms. The zero-order valence-corrected chi connectivity index (χ0v) is 12.6. The molecule has 1 aliphatic heterocycles. The van der Waals surface area contributed by atoms with Gasteiger partial charge in [-0.15, -0.1) is 0 Å². The van der Waals surface area contributed by atoms with Gasteiger partial charge in [-0.05, 0) is 38.5 Å². The van der Waals surface area contributed by atoms with E-state index in [1.54, 1.807) is 0 Å². The summed E-state index contributed by atoms with van der Waals surface area (Å²) in [6, 6.07) is 5.96. The van der Waals surface area contributed by atoms with Crippen LogP contribution in [0.15, 0.2) is 18.2 Å². The summed E-state index contributed by atoms with van der Waals surface area (Å²) in [5.74, 6) is 0.747. The Labute approximate surface area is 120 Å². The SMILES string of the molecule is CC(C)(C)NCc1ccc(OC2CCOC2)c(Cl)c1. The fourth-order valence-corrected chi connectivity index (χ4v) is 2.15. The van der Waals surface area contributed by atoms with Gasteiger partial charge in [0.1, 0.15) is 11.9 Å². The molecule has 1 unspecified atom stereocenters. The molecule has 0 aromatic heterocycles. The molecule has 0 saturated carbocycles. The summed E-state index contributed by atoms with van der Waals surface area (Å²) in [5, 5.41) is 4.11. The van der Waals surface area contributed by atoms with Gasteiger partial charge in [-0.1, -0.05) is 17.7 Å². The summed E-state index contributed by atoms with van der Waals surface area (Å²) in [6.45, 7) is 8.67. The maximum Gasteiger partial charge on any atom is 0.138 e. The Bertz CT molecular complexity index is 423. The van der Waals surface area contributed by atoms with Gasteiger partial charge >= 0.3 is 0 Å². The third-order valence-electron chi connectivity index (χ3n) is 3.00. The van der Waals surface area contributed by atoms with Crippen LogP contribution in [-0.4, -0.2) is 24.9 Å². The van der Waals surface area contributed by atoms with Crippen LogP contribution in [0.2, 0.25) is 5.02 Å². The number of benzene rings is 1. The molecule has 1 saturated heterocycles. The van der Waals surface area contributed by atoms with E-state index in [9.17, 15) is 0 Å². The van der Waals surface area contributed by atoms with E-state index in [2.05, 4.69) is 32.2 Å². The molecular weight excluding hydrogens is 262 g/mol. The number of ether oxygens (including phenoxy) is 2. The van der Waals surface area contributed by atoms with Gasteiger partial charge in [-0.25, -0.2) is 0 Å². The fourth-order valence-electron chi connectivity index (χ4n) is 1.90. The number of hydrogen-bond donors (Lipinski definition) is 1. The van der Waals surface area contributed by atoms with Crippen molar-refractivity contribution in [2.24, 2.45) is 0 Å². The van der Waals surface area contributed by atoms with E-state index in [-0.39, 0.29) is 11.6 Å². The van der Waals surface area contributed by atoms with Crippen molar-refractivity contribution in [1.82, 2.24) is 5.32 Å². The van der Waals surface area contributed by atoms with Crippen LogP contribution in [0, 0.1) is 0 Å². The summed E-state index contributed by atoms with van der Waals surface area (Å²) in [5.41, 5.74) is 1.26. The minimum atomic E-state index is 0.100. The van der Waals surface area contributed by atoms with Crippen LogP contribution in [0.3, 0.4) is 0 Å². The van der Waals surface area contributed by atoms with Gasteiger partial charge in [0.25, 0.3) is 0 Å². The number of hydrogen-bond acceptors (Lipinski definition) is 3. The van der Waals surface area contributed by atoms with Gasteiger partial charge in [-0.2, -0.15) is 0 Å². The lowest BCUT2D eigenvalue weighted by molar-refractivity contribution is 0.141. The Morgan fingerprint density at radius 2 is 2.21 bits per heavy atom. The molecule has 1 aliphatic rings. The summed E-state index contributed by atoms with van der Waals surface area (Å²) < 4.78 is 11.1. The van der Waals surface area contributed by atoms with Gasteiger partial charge in [-0.3, -0.25) is 0 Å². The molecule has 1 aromatic rings. The molecule has 0 radical (unpaired) electrons. The van der Waals surface area contributed by atoms with E-state index >= 15 is 0 Å². The molecule has 1 atom stereocenters. The lowest BCUT2D eigenvalue weighted by Crippen LogP contribution is -2.35. The maximum absolute atomic E-state index is 6.26. The van der Waals surface area contributed by atoms with E-state index in [1.807, 2.05) is 12.1 Å². The van der Waals surface area contributed by atoms with Crippen molar-refractivity contribution in [3.63, 3.8) is 0 Å². The first kappa shape index (κ1) is 14.6. The average Bonchev–Trinajstić information content (AvgIpc) is 2.81. The largest absolute Gasteiger partial charge is 0.486 e. The lowest BCUT2D eigenvalue weighted by Gasteiger charge is -2.21. The van der Waals surface area contributed by atoms with Crippen LogP contribution in [0.4, 0.5) is 0 Å². The van der Waals surface area contributed by atoms with Crippen LogP contribution in [0.5, 0.6) is 5.75 Å². The maximum atomic E-state index is 6.26. The summed E-state index contributed by atoms with van der Waals surface area (Å²) in [7, 11) is 0. The quantitative estimate of drug-likeness (QED) is 0.919. The standard InChI is InChI=1S/C15H22ClNO2/c1-15(2,3)17-9-11-4-5-14(13(16)8-11)19-12-6-7-18-10-12/h4-5,8,12,17H,6-7,9-10H2,1-3H3. The molecule has 0 spiro atoms. The Balaban J connectivity index is 1.96. The zero-order chi connectivity index (χ0) is 13.9. The Morgan fingerprint density at radius 1 is 1.42 bits per heavy atom. The fraction of sp³-hybridized carbons (Fsp3) is 0.600. The monoisotopic (exact) mass is 283 g/mol. The number of nitrogens with one attached hydrogen (secondary N) is 1. The Kier molecular flexibility index (Phi) is 4.71. The van der Waals surface area contributed by atoms with Gasteiger partial charge in [0.15, 0.2) is 0 Å². The van der Waals surface area contributed by atoms with Crippen molar-refractivity contribution in [2.75, 3.05) is 13.2 Å². The first-order chi connectivity index (χ1) is 8.94. The van der Waals surface area contributed by atoms with E-state index < -0.39 is 0 Å². The molecule has 1 heterocycles. The molecule has 3 nitrogen and oxygen atoms in total. The predicted octanol–water partition coefficient (Wildman–Crippen LogP) is 3.40. The Morgan fingerprint density at radius 3 is 2.79 bits per heavy atom. The van der Waals surface area contributed by atoms with Gasteiger partial charge in [0, 0.05) is 18.5 Å². The van der Waals surface area contributed by atoms with Crippen molar-refractivity contribution >= 4 is 11.6 Å². The third kappa shape index (κ3) is 4.68. The van der Waals surface area contributed by atoms with Crippen molar-refractivity contribution < 1.29 is 9.47 Å². The first-order valence-electron chi connectivity index (χ1n) is 6.72. The van der Waals surface area contributed by atoms with Gasteiger partial charge in [0.05, 0.1) is 18.2 Å². The van der Waals surface area contributed by atoms with Crippen molar-refractivity contribution in [3.05, 3.63) is 28.8 Å². The van der Waals surface area contributed by atoms with E-state index in [4.69, 9.17) is 21.1 Å². The van der Waals surface area contributed by atoms with Crippen molar-refractivity contribution in [1.29, 1.82) is 0 Å². The molecule has 1 aromatic carbocycles. The summed E-state index contributed by atoms with van der Waals surface area (Å²) in [4.78, 5) is 0. The molecule has 1 N–H and O–H groups in total. The first-order valence-corrected chi connectivity index (χ1v) is 7.10. The highest BCUT2D eigenvalue weighted by Crippen LogP contribution is 2.28. The van der Waals surface area contributed by atoms with Crippen LogP contribution in [-0.2, 0) is 11.3 Å². The van der Waals surface area contributed by atoms with Crippen LogP contribution in [0.25, 0.3) is 0 Å². The highest BCUT2D eigenvalue weighted by molar-refractivity contribution is 6.32.